The molecule has 1 fully saturated rings. The molecule has 20 heavy (non-hydrogen) atoms. The fourth-order valence-electron chi connectivity index (χ4n) is 2.29. The Balaban J connectivity index is 0.000000286. The number of aliphatic hydroxyl groups excluding tert-OH is 1. The number of carbonyl (C=O) groups is 1. The Morgan fingerprint density at radius 2 is 2.05 bits per heavy atom. The van der Waals surface area contributed by atoms with E-state index in [-0.39, 0.29) is 0 Å². The quantitative estimate of drug-likeness (QED) is 0.865. The molecule has 2 rings (SSSR count). The number of hydrogen-bond donors (Lipinski definition) is 2. The number of nitrogens with zero attached hydrogens (tertiary/aromatic N) is 2. The van der Waals surface area contributed by atoms with E-state index in [1.165, 1.54) is 43.0 Å². The van der Waals surface area contributed by atoms with Crippen LogP contribution >= 0.6 is 0 Å². The molecule has 0 aliphatic carbocycles. The summed E-state index contributed by atoms with van der Waals surface area (Å²) in [5.41, 5.74) is 4.14. The summed E-state index contributed by atoms with van der Waals surface area (Å²) >= 11 is 0. The second-order valence-electron chi connectivity index (χ2n) is 5.32. The van der Waals surface area contributed by atoms with Gasteiger partial charge in [-0.3, -0.25) is 9.88 Å². The molecule has 0 amide bonds. The minimum absolute atomic E-state index is 0.599. The third-order valence-electron chi connectivity index (χ3n) is 3.74. The molecule has 0 aromatic carbocycles. The molecule has 1 aromatic heterocycles. The van der Waals surface area contributed by atoms with Crippen LogP contribution in [0.3, 0.4) is 0 Å². The maximum absolute atomic E-state index is 9.45. The van der Waals surface area contributed by atoms with E-state index >= 15 is 0 Å². The monoisotopic (exact) mass is 280 g/mol. The normalized spacial score (nSPS) is 20.1. The second-order valence-corrected chi connectivity index (χ2v) is 5.32. The molecule has 2 N–H and O–H groups in total. The zero-order valence-corrected chi connectivity index (χ0v) is 12.6. The maximum Gasteiger partial charge on any atom is 0.332 e. The average Bonchev–Trinajstić information content (AvgIpc) is 2.79. The minimum Gasteiger partial charge on any atom is -0.479 e. The van der Waals surface area contributed by atoms with Crippen LogP contribution in [0.25, 0.3) is 0 Å². The van der Waals surface area contributed by atoms with E-state index in [9.17, 15) is 4.79 Å². The number of aliphatic hydroxyl groups is 1. The predicted molar refractivity (Wildman–Crippen MR) is 77.6 cm³/mol. The number of carboxylic acids is 1. The summed E-state index contributed by atoms with van der Waals surface area (Å²) in [6.07, 6.45) is 5.35. The largest absolute Gasteiger partial charge is 0.479 e. The summed E-state index contributed by atoms with van der Waals surface area (Å²) in [4.78, 5) is 16.2. The van der Waals surface area contributed by atoms with Gasteiger partial charge in [0, 0.05) is 18.4 Å². The van der Waals surface area contributed by atoms with E-state index in [1.807, 2.05) is 12.4 Å². The molecule has 2 atom stereocenters. The van der Waals surface area contributed by atoms with Crippen molar-refractivity contribution in [2.45, 2.75) is 45.8 Å². The number of likely N-dealkylation sites (tertiary alicyclic amines) is 1. The van der Waals surface area contributed by atoms with Crippen molar-refractivity contribution in [1.82, 2.24) is 9.88 Å². The highest BCUT2D eigenvalue weighted by molar-refractivity contribution is 5.71. The molecule has 1 aliphatic heterocycles. The predicted octanol–water partition coefficient (Wildman–Crippen LogP) is 1.92. The van der Waals surface area contributed by atoms with Gasteiger partial charge < -0.3 is 10.2 Å². The summed E-state index contributed by atoms with van der Waals surface area (Å²) in [7, 11) is 2.21. The second kappa shape index (κ2) is 7.36. The van der Waals surface area contributed by atoms with E-state index < -0.39 is 12.1 Å². The number of aromatic nitrogens is 1. The molecule has 5 nitrogen and oxygen atoms in total. The summed E-state index contributed by atoms with van der Waals surface area (Å²) < 4.78 is 0. The van der Waals surface area contributed by atoms with Gasteiger partial charge in [0.25, 0.3) is 0 Å². The Morgan fingerprint density at radius 3 is 2.50 bits per heavy atom. The molecule has 1 saturated heterocycles. The maximum atomic E-state index is 9.45. The Morgan fingerprint density at radius 1 is 1.45 bits per heavy atom. The number of pyridine rings is 1. The van der Waals surface area contributed by atoms with Gasteiger partial charge in [0.1, 0.15) is 6.10 Å². The fraction of sp³-hybridized carbons (Fsp3) is 0.600. The van der Waals surface area contributed by atoms with E-state index in [0.717, 1.165) is 0 Å². The van der Waals surface area contributed by atoms with Gasteiger partial charge in [-0.1, -0.05) is 0 Å². The van der Waals surface area contributed by atoms with Crippen molar-refractivity contribution in [3.63, 3.8) is 0 Å². The van der Waals surface area contributed by atoms with Crippen molar-refractivity contribution in [3.05, 3.63) is 29.1 Å². The van der Waals surface area contributed by atoms with Crippen LogP contribution in [-0.2, 0) is 4.79 Å². The van der Waals surface area contributed by atoms with E-state index in [2.05, 4.69) is 30.8 Å². The summed E-state index contributed by atoms with van der Waals surface area (Å²) in [5, 5.41) is 15.8. The van der Waals surface area contributed by atoms with Crippen molar-refractivity contribution in [2.24, 2.45) is 0 Å². The molecule has 1 aliphatic rings. The number of rotatable bonds is 2. The molecule has 2 heterocycles. The van der Waals surface area contributed by atoms with Crippen molar-refractivity contribution < 1.29 is 15.0 Å². The average molecular weight is 280 g/mol. The molecule has 112 valence electrons. The first-order valence-corrected chi connectivity index (χ1v) is 6.86. The van der Waals surface area contributed by atoms with Crippen LogP contribution < -0.4 is 0 Å². The lowest BCUT2D eigenvalue weighted by Crippen LogP contribution is -2.18. The van der Waals surface area contributed by atoms with Crippen LogP contribution in [-0.4, -0.2) is 45.8 Å². The van der Waals surface area contributed by atoms with E-state index in [4.69, 9.17) is 10.2 Å². The number of aryl methyl sites for hydroxylation is 1. The minimum atomic E-state index is -1.23. The van der Waals surface area contributed by atoms with Crippen LogP contribution in [0.4, 0.5) is 0 Å². The van der Waals surface area contributed by atoms with Gasteiger partial charge in [-0.2, -0.15) is 0 Å². The van der Waals surface area contributed by atoms with Crippen LogP contribution in [0, 0.1) is 13.8 Å². The van der Waals surface area contributed by atoms with E-state index in [0.29, 0.717) is 6.04 Å². The lowest BCUT2D eigenvalue weighted by Gasteiger charge is -2.21. The molecular formula is C15H24N2O3. The highest BCUT2D eigenvalue weighted by Gasteiger charge is 2.24. The fourth-order valence-corrected chi connectivity index (χ4v) is 2.29. The number of carboxylic acid groups (broad SMARTS) is 1. The van der Waals surface area contributed by atoms with Gasteiger partial charge in [-0.25, -0.2) is 4.79 Å². The van der Waals surface area contributed by atoms with Gasteiger partial charge in [0.05, 0.1) is 0 Å². The van der Waals surface area contributed by atoms with Crippen molar-refractivity contribution in [1.29, 1.82) is 0 Å². The Kier molecular flexibility index (Phi) is 6.10. The molecule has 0 radical (unpaired) electrons. The van der Waals surface area contributed by atoms with Crippen LogP contribution in [0.2, 0.25) is 0 Å². The number of hydrogen-bond acceptors (Lipinski definition) is 4. The molecule has 0 bridgehead atoms. The summed E-state index contributed by atoms with van der Waals surface area (Å²) in [6.45, 7) is 6.76. The van der Waals surface area contributed by atoms with Crippen LogP contribution in [0.15, 0.2) is 12.4 Å². The van der Waals surface area contributed by atoms with Gasteiger partial charge in [-0.05, 0) is 63.9 Å². The Hall–Kier alpha value is -1.46. The Bertz CT molecular complexity index is 460. The molecule has 1 aromatic rings. The summed E-state index contributed by atoms with van der Waals surface area (Å²) in [5.74, 6) is -1.19. The smallest absolute Gasteiger partial charge is 0.332 e. The standard InChI is InChI=1S/C12H18N2.C3H6O3/c1-9-7-13-8-11(10(9)2)12-5-4-6-14(12)3;1-2(4)3(5)6/h7-8,12H,4-6H2,1-3H3;2,4H,1H3,(H,5,6)/t12-;/m0./s1. The SMILES string of the molecule is CC(O)C(=O)O.Cc1cncc([C@@H]2CCCN2C)c1C. The first-order chi connectivity index (χ1) is 9.34. The lowest BCUT2D eigenvalue weighted by atomic mass is 9.99. The summed E-state index contributed by atoms with van der Waals surface area (Å²) in [6, 6.07) is 0.599. The molecule has 0 spiro atoms. The molecular weight excluding hydrogens is 256 g/mol. The zero-order valence-electron chi connectivity index (χ0n) is 12.6. The van der Waals surface area contributed by atoms with E-state index in [1.54, 1.807) is 0 Å². The van der Waals surface area contributed by atoms with Crippen LogP contribution in [0.1, 0.15) is 42.5 Å². The molecule has 1 unspecified atom stereocenters. The Labute approximate surface area is 120 Å². The number of aliphatic carboxylic acids is 1. The lowest BCUT2D eigenvalue weighted by molar-refractivity contribution is -0.145. The van der Waals surface area contributed by atoms with Gasteiger partial charge >= 0.3 is 5.97 Å². The van der Waals surface area contributed by atoms with Crippen molar-refractivity contribution in [2.75, 3.05) is 13.6 Å². The van der Waals surface area contributed by atoms with Gasteiger partial charge in [0.2, 0.25) is 0 Å². The van der Waals surface area contributed by atoms with Crippen molar-refractivity contribution in [3.8, 4) is 0 Å². The zero-order chi connectivity index (χ0) is 15.3. The molecule has 0 saturated carbocycles. The van der Waals surface area contributed by atoms with Crippen molar-refractivity contribution >= 4 is 5.97 Å². The van der Waals surface area contributed by atoms with Gasteiger partial charge in [-0.15, -0.1) is 0 Å². The topological polar surface area (TPSA) is 73.7 Å². The van der Waals surface area contributed by atoms with Crippen LogP contribution in [0.5, 0.6) is 0 Å². The molecule has 5 heteroatoms. The third kappa shape index (κ3) is 4.28. The van der Waals surface area contributed by atoms with Gasteiger partial charge in [0.15, 0.2) is 0 Å². The first kappa shape index (κ1) is 16.6. The highest BCUT2D eigenvalue weighted by atomic mass is 16.4. The highest BCUT2D eigenvalue weighted by Crippen LogP contribution is 2.32. The third-order valence-corrected chi connectivity index (χ3v) is 3.74. The first-order valence-electron chi connectivity index (χ1n) is 6.86.